The Morgan fingerprint density at radius 3 is 2.92 bits per heavy atom. The summed E-state index contributed by atoms with van der Waals surface area (Å²) in [6, 6.07) is 3.86. The van der Waals surface area contributed by atoms with Gasteiger partial charge in [0.1, 0.15) is 5.01 Å². The quantitative estimate of drug-likeness (QED) is 0.787. The Labute approximate surface area is 79.7 Å². The van der Waals surface area contributed by atoms with E-state index in [0.29, 0.717) is 0 Å². The van der Waals surface area contributed by atoms with Crippen LogP contribution < -0.4 is 0 Å². The molecule has 0 aliphatic heterocycles. The molecular formula is C9H8N2OS. The first-order valence-electron chi connectivity index (χ1n) is 3.86. The number of hydrogen-bond donors (Lipinski definition) is 1. The zero-order valence-electron chi connectivity index (χ0n) is 6.84. The molecule has 13 heavy (non-hydrogen) atoms. The summed E-state index contributed by atoms with van der Waals surface area (Å²) in [5.41, 5.74) is 1.04. The topological polar surface area (TPSA) is 46.0 Å². The lowest BCUT2D eigenvalue weighted by Gasteiger charge is -1.92. The van der Waals surface area contributed by atoms with Crippen LogP contribution in [0.3, 0.4) is 0 Å². The molecule has 0 aliphatic rings. The van der Waals surface area contributed by atoms with Crippen molar-refractivity contribution >= 4 is 11.3 Å². The largest absolute Gasteiger partial charge is 0.389 e. The van der Waals surface area contributed by atoms with Crippen LogP contribution in [0.2, 0.25) is 0 Å². The van der Waals surface area contributed by atoms with Gasteiger partial charge >= 0.3 is 0 Å². The van der Waals surface area contributed by atoms with Crippen molar-refractivity contribution in [2.45, 2.75) is 6.61 Å². The molecule has 1 N–H and O–H groups in total. The number of pyridine rings is 1. The molecule has 0 fully saturated rings. The minimum absolute atomic E-state index is 0.00489. The fourth-order valence-electron chi connectivity index (χ4n) is 1.03. The van der Waals surface area contributed by atoms with Crippen LogP contribution in [0.5, 0.6) is 0 Å². The van der Waals surface area contributed by atoms with Crippen LogP contribution in [-0.2, 0) is 6.61 Å². The number of aromatic nitrogens is 2. The first-order chi connectivity index (χ1) is 6.40. The second-order valence-corrected chi connectivity index (χ2v) is 3.63. The third-order valence-corrected chi connectivity index (χ3v) is 2.67. The maximum absolute atomic E-state index is 8.83. The molecule has 2 aromatic heterocycles. The van der Waals surface area contributed by atoms with Crippen LogP contribution in [0, 0.1) is 0 Å². The second-order valence-electron chi connectivity index (χ2n) is 2.52. The van der Waals surface area contributed by atoms with Crippen LogP contribution in [0.25, 0.3) is 10.4 Å². The van der Waals surface area contributed by atoms with Crippen molar-refractivity contribution in [3.8, 4) is 10.4 Å². The highest BCUT2D eigenvalue weighted by Crippen LogP contribution is 2.24. The van der Waals surface area contributed by atoms with Gasteiger partial charge in [-0.2, -0.15) is 0 Å². The Balaban J connectivity index is 2.36. The van der Waals surface area contributed by atoms with E-state index in [-0.39, 0.29) is 6.61 Å². The van der Waals surface area contributed by atoms with Gasteiger partial charge in [0, 0.05) is 24.2 Å². The molecule has 0 amide bonds. The minimum Gasteiger partial charge on any atom is -0.389 e. The van der Waals surface area contributed by atoms with Crippen LogP contribution in [-0.4, -0.2) is 15.1 Å². The summed E-state index contributed by atoms with van der Waals surface area (Å²) in [6.45, 7) is 0.00489. The highest BCUT2D eigenvalue weighted by molar-refractivity contribution is 7.15. The lowest BCUT2D eigenvalue weighted by Crippen LogP contribution is -1.75. The first kappa shape index (κ1) is 8.34. The van der Waals surface area contributed by atoms with E-state index in [9.17, 15) is 0 Å². The summed E-state index contributed by atoms with van der Waals surface area (Å²) in [5, 5.41) is 9.57. The summed E-state index contributed by atoms with van der Waals surface area (Å²) < 4.78 is 0. The number of hydrogen-bond acceptors (Lipinski definition) is 4. The van der Waals surface area contributed by atoms with E-state index in [1.165, 1.54) is 11.3 Å². The minimum atomic E-state index is 0.00489. The third kappa shape index (κ3) is 1.74. The Bertz CT molecular complexity index is 386. The predicted octanol–water partition coefficient (Wildman–Crippen LogP) is 1.70. The van der Waals surface area contributed by atoms with Gasteiger partial charge in [0.05, 0.1) is 11.5 Å². The smallest absolute Gasteiger partial charge is 0.119 e. The highest BCUT2D eigenvalue weighted by Gasteiger charge is 2.02. The maximum Gasteiger partial charge on any atom is 0.119 e. The Hall–Kier alpha value is -1.26. The predicted molar refractivity (Wildman–Crippen MR) is 51.3 cm³/mol. The standard InChI is InChI=1S/C9H8N2OS/c12-6-9-11-5-8(13-9)7-2-1-3-10-4-7/h1-5,12H,6H2. The van der Waals surface area contributed by atoms with Gasteiger partial charge in [-0.05, 0) is 6.07 Å². The van der Waals surface area contributed by atoms with E-state index in [4.69, 9.17) is 5.11 Å². The SMILES string of the molecule is OCc1ncc(-c2cccnc2)s1. The van der Waals surface area contributed by atoms with Crippen molar-refractivity contribution in [3.05, 3.63) is 35.7 Å². The van der Waals surface area contributed by atoms with Gasteiger partial charge in [-0.3, -0.25) is 4.98 Å². The fourth-order valence-corrected chi connectivity index (χ4v) is 1.79. The summed E-state index contributed by atoms with van der Waals surface area (Å²) in [7, 11) is 0. The lowest BCUT2D eigenvalue weighted by atomic mass is 10.3. The fraction of sp³-hybridized carbons (Fsp3) is 0.111. The van der Waals surface area contributed by atoms with E-state index in [2.05, 4.69) is 9.97 Å². The van der Waals surface area contributed by atoms with Crippen LogP contribution in [0.1, 0.15) is 5.01 Å². The molecule has 0 bridgehead atoms. The molecule has 0 saturated heterocycles. The summed E-state index contributed by atoms with van der Waals surface area (Å²) in [6.07, 6.45) is 5.28. The van der Waals surface area contributed by atoms with Crippen molar-refractivity contribution in [1.29, 1.82) is 0 Å². The molecule has 0 aromatic carbocycles. The molecule has 0 saturated carbocycles. The third-order valence-electron chi connectivity index (χ3n) is 1.63. The molecule has 66 valence electrons. The van der Waals surface area contributed by atoms with Gasteiger partial charge < -0.3 is 5.11 Å². The van der Waals surface area contributed by atoms with E-state index in [1.807, 2.05) is 12.1 Å². The van der Waals surface area contributed by atoms with Crippen molar-refractivity contribution in [2.75, 3.05) is 0 Å². The molecular weight excluding hydrogens is 184 g/mol. The van der Waals surface area contributed by atoms with Gasteiger partial charge in [-0.25, -0.2) is 4.98 Å². The average Bonchev–Trinajstić information content (AvgIpc) is 2.67. The molecule has 4 heteroatoms. The lowest BCUT2D eigenvalue weighted by molar-refractivity contribution is 0.281. The average molecular weight is 192 g/mol. The molecule has 2 rings (SSSR count). The van der Waals surface area contributed by atoms with Crippen molar-refractivity contribution in [2.24, 2.45) is 0 Å². The van der Waals surface area contributed by atoms with E-state index in [1.54, 1.807) is 18.6 Å². The van der Waals surface area contributed by atoms with Crippen molar-refractivity contribution in [1.82, 2.24) is 9.97 Å². The Kier molecular flexibility index (Phi) is 2.33. The van der Waals surface area contributed by atoms with E-state index in [0.717, 1.165) is 15.4 Å². The zero-order chi connectivity index (χ0) is 9.10. The van der Waals surface area contributed by atoms with E-state index < -0.39 is 0 Å². The zero-order valence-corrected chi connectivity index (χ0v) is 7.66. The summed E-state index contributed by atoms with van der Waals surface area (Å²) in [5.74, 6) is 0. The Morgan fingerprint density at radius 1 is 1.38 bits per heavy atom. The van der Waals surface area contributed by atoms with Crippen LogP contribution >= 0.6 is 11.3 Å². The van der Waals surface area contributed by atoms with Gasteiger partial charge in [0.25, 0.3) is 0 Å². The van der Waals surface area contributed by atoms with E-state index >= 15 is 0 Å². The number of nitrogens with zero attached hydrogens (tertiary/aromatic N) is 2. The second kappa shape index (κ2) is 3.64. The number of rotatable bonds is 2. The number of aliphatic hydroxyl groups is 1. The van der Waals surface area contributed by atoms with Gasteiger partial charge in [-0.15, -0.1) is 11.3 Å². The molecule has 0 radical (unpaired) electrons. The Morgan fingerprint density at radius 2 is 2.31 bits per heavy atom. The normalized spacial score (nSPS) is 10.2. The molecule has 0 unspecified atom stereocenters. The van der Waals surface area contributed by atoms with Gasteiger partial charge in [-0.1, -0.05) is 6.07 Å². The monoisotopic (exact) mass is 192 g/mol. The molecule has 0 atom stereocenters. The molecule has 0 spiro atoms. The summed E-state index contributed by atoms with van der Waals surface area (Å²) in [4.78, 5) is 9.10. The van der Waals surface area contributed by atoms with Crippen LogP contribution in [0.15, 0.2) is 30.7 Å². The molecule has 3 nitrogen and oxygen atoms in total. The van der Waals surface area contributed by atoms with Gasteiger partial charge in [0.15, 0.2) is 0 Å². The van der Waals surface area contributed by atoms with Crippen molar-refractivity contribution < 1.29 is 5.11 Å². The maximum atomic E-state index is 8.83. The molecule has 2 heterocycles. The first-order valence-corrected chi connectivity index (χ1v) is 4.68. The number of thiazole rings is 1. The molecule has 2 aromatic rings. The highest BCUT2D eigenvalue weighted by atomic mass is 32.1. The van der Waals surface area contributed by atoms with Crippen LogP contribution in [0.4, 0.5) is 0 Å². The number of aliphatic hydroxyl groups excluding tert-OH is 1. The molecule has 0 aliphatic carbocycles. The summed E-state index contributed by atoms with van der Waals surface area (Å²) >= 11 is 1.48. The van der Waals surface area contributed by atoms with Crippen molar-refractivity contribution in [3.63, 3.8) is 0 Å². The van der Waals surface area contributed by atoms with Gasteiger partial charge in [0.2, 0.25) is 0 Å².